The molecule has 1 N–H and O–H groups in total. The summed E-state index contributed by atoms with van der Waals surface area (Å²) in [7, 11) is 0. The molecule has 1 heterocycles. The Kier molecular flexibility index (Phi) is 6.82. The molecule has 1 fully saturated rings. The minimum atomic E-state index is -0.00810. The van der Waals surface area contributed by atoms with Crippen molar-refractivity contribution in [3.63, 3.8) is 0 Å². The topological polar surface area (TPSA) is 61.9 Å². The molecular weight excluding hydrogens is 318 g/mol. The van der Waals surface area contributed by atoms with E-state index < -0.39 is 0 Å². The molecule has 0 spiro atoms. The van der Waals surface area contributed by atoms with E-state index in [4.69, 9.17) is 4.74 Å². The molecule has 0 radical (unpaired) electrons. The van der Waals surface area contributed by atoms with Crippen molar-refractivity contribution in [3.05, 3.63) is 29.3 Å². The summed E-state index contributed by atoms with van der Waals surface area (Å²) in [4.78, 5) is 28.0. The van der Waals surface area contributed by atoms with Crippen LogP contribution in [0.4, 0.5) is 0 Å². The molecule has 0 saturated carbocycles. The van der Waals surface area contributed by atoms with Crippen LogP contribution in [0, 0.1) is 13.8 Å². The lowest BCUT2D eigenvalue weighted by atomic mass is 10.1. The zero-order chi connectivity index (χ0) is 18.4. The molecule has 2 amide bonds. The standard InChI is InChI=1S/C19H29N3O3/c1-14(2)20-18(23)12-21-7-9-22(10-8-21)19(24)13-25-17-6-5-15(3)11-16(17)4/h5-6,11,14H,7-10,12-13H2,1-4H3,(H,20,23). The number of nitrogens with one attached hydrogen (secondary N) is 1. The normalized spacial score (nSPS) is 15.3. The number of benzene rings is 1. The van der Waals surface area contributed by atoms with Crippen LogP contribution in [0.25, 0.3) is 0 Å². The first-order valence-electron chi connectivity index (χ1n) is 8.84. The second kappa shape index (κ2) is 8.85. The third-order valence-corrected chi connectivity index (χ3v) is 4.22. The van der Waals surface area contributed by atoms with Gasteiger partial charge >= 0.3 is 0 Å². The van der Waals surface area contributed by atoms with Gasteiger partial charge in [-0.3, -0.25) is 14.5 Å². The maximum Gasteiger partial charge on any atom is 0.260 e. The average molecular weight is 347 g/mol. The van der Waals surface area contributed by atoms with Crippen molar-refractivity contribution in [2.45, 2.75) is 33.7 Å². The molecule has 0 aromatic heterocycles. The summed E-state index contributed by atoms with van der Waals surface area (Å²) in [6.07, 6.45) is 0. The lowest BCUT2D eigenvalue weighted by Gasteiger charge is -2.34. The Labute approximate surface area is 150 Å². The Hall–Kier alpha value is -2.08. The van der Waals surface area contributed by atoms with Crippen molar-refractivity contribution in [2.24, 2.45) is 0 Å². The molecule has 0 unspecified atom stereocenters. The Bertz CT molecular complexity index is 608. The quantitative estimate of drug-likeness (QED) is 0.844. The summed E-state index contributed by atoms with van der Waals surface area (Å²) in [5.74, 6) is 0.780. The first-order chi connectivity index (χ1) is 11.8. The number of carbonyl (C=O) groups excluding carboxylic acids is 2. The van der Waals surface area contributed by atoms with Crippen LogP contribution in [0.5, 0.6) is 5.75 Å². The highest BCUT2D eigenvalue weighted by Gasteiger charge is 2.22. The van der Waals surface area contributed by atoms with Gasteiger partial charge in [0.15, 0.2) is 6.61 Å². The highest BCUT2D eigenvalue weighted by Crippen LogP contribution is 2.18. The molecule has 6 nitrogen and oxygen atoms in total. The second-order valence-corrected chi connectivity index (χ2v) is 6.94. The molecule has 1 aliphatic heterocycles. The number of nitrogens with zero attached hydrogens (tertiary/aromatic N) is 2. The Morgan fingerprint density at radius 3 is 2.44 bits per heavy atom. The number of amides is 2. The summed E-state index contributed by atoms with van der Waals surface area (Å²) in [6, 6.07) is 6.08. The zero-order valence-corrected chi connectivity index (χ0v) is 15.7. The molecular formula is C19H29N3O3. The molecule has 2 rings (SSSR count). The van der Waals surface area contributed by atoms with Gasteiger partial charge in [-0.2, -0.15) is 0 Å². The van der Waals surface area contributed by atoms with Gasteiger partial charge < -0.3 is 15.0 Å². The number of aryl methyl sites for hydroxylation is 2. The van der Waals surface area contributed by atoms with Gasteiger partial charge in [0.25, 0.3) is 5.91 Å². The number of carbonyl (C=O) groups is 2. The van der Waals surface area contributed by atoms with Crippen LogP contribution in [0.2, 0.25) is 0 Å². The number of ether oxygens (including phenoxy) is 1. The van der Waals surface area contributed by atoms with E-state index in [1.54, 1.807) is 4.90 Å². The van der Waals surface area contributed by atoms with Gasteiger partial charge in [0, 0.05) is 32.2 Å². The Balaban J connectivity index is 1.74. The number of hydrogen-bond donors (Lipinski definition) is 1. The molecule has 0 atom stereocenters. The molecule has 6 heteroatoms. The van der Waals surface area contributed by atoms with Crippen molar-refractivity contribution in [1.82, 2.24) is 15.1 Å². The summed E-state index contributed by atoms with van der Waals surface area (Å²) in [5, 5.41) is 2.89. The van der Waals surface area contributed by atoms with Crippen LogP contribution in [0.1, 0.15) is 25.0 Å². The molecule has 0 aliphatic carbocycles. The smallest absolute Gasteiger partial charge is 0.260 e. The van der Waals surface area contributed by atoms with Crippen LogP contribution in [0.15, 0.2) is 18.2 Å². The Morgan fingerprint density at radius 2 is 1.84 bits per heavy atom. The number of hydrogen-bond acceptors (Lipinski definition) is 4. The summed E-state index contributed by atoms with van der Waals surface area (Å²) in [6.45, 7) is 11.0. The fourth-order valence-electron chi connectivity index (χ4n) is 2.92. The molecule has 1 aromatic rings. The maximum absolute atomic E-state index is 12.3. The van der Waals surface area contributed by atoms with Crippen molar-refractivity contribution < 1.29 is 14.3 Å². The van der Waals surface area contributed by atoms with Gasteiger partial charge in [0.05, 0.1) is 6.54 Å². The first-order valence-corrected chi connectivity index (χ1v) is 8.84. The van der Waals surface area contributed by atoms with Crippen LogP contribution in [-0.4, -0.2) is 67.0 Å². The van der Waals surface area contributed by atoms with Crippen LogP contribution < -0.4 is 10.1 Å². The van der Waals surface area contributed by atoms with Crippen molar-refractivity contribution in [1.29, 1.82) is 0 Å². The van der Waals surface area contributed by atoms with E-state index in [1.807, 2.05) is 45.9 Å². The monoisotopic (exact) mass is 347 g/mol. The predicted octanol–water partition coefficient (Wildman–Crippen LogP) is 1.35. The lowest BCUT2D eigenvalue weighted by molar-refractivity contribution is -0.135. The Morgan fingerprint density at radius 1 is 1.16 bits per heavy atom. The van der Waals surface area contributed by atoms with Crippen LogP contribution in [-0.2, 0) is 9.59 Å². The van der Waals surface area contributed by atoms with E-state index in [1.165, 1.54) is 5.56 Å². The number of rotatable bonds is 6. The molecule has 1 saturated heterocycles. The molecule has 1 aromatic carbocycles. The van der Waals surface area contributed by atoms with Crippen molar-refractivity contribution >= 4 is 11.8 Å². The first kappa shape index (κ1) is 19.2. The van der Waals surface area contributed by atoms with E-state index in [2.05, 4.69) is 10.2 Å². The van der Waals surface area contributed by atoms with Gasteiger partial charge in [-0.15, -0.1) is 0 Å². The molecule has 1 aliphatic rings. The van der Waals surface area contributed by atoms with Crippen molar-refractivity contribution in [3.8, 4) is 5.75 Å². The largest absolute Gasteiger partial charge is 0.484 e. The van der Waals surface area contributed by atoms with Gasteiger partial charge in [0.1, 0.15) is 5.75 Å². The second-order valence-electron chi connectivity index (χ2n) is 6.94. The predicted molar refractivity (Wildman–Crippen MR) is 97.7 cm³/mol. The maximum atomic E-state index is 12.3. The summed E-state index contributed by atoms with van der Waals surface area (Å²) in [5.41, 5.74) is 2.21. The van der Waals surface area contributed by atoms with Gasteiger partial charge in [-0.05, 0) is 39.3 Å². The summed E-state index contributed by atoms with van der Waals surface area (Å²) >= 11 is 0. The highest BCUT2D eigenvalue weighted by molar-refractivity contribution is 5.79. The van der Waals surface area contributed by atoms with Crippen LogP contribution >= 0.6 is 0 Å². The average Bonchev–Trinajstić information content (AvgIpc) is 2.53. The fourth-order valence-corrected chi connectivity index (χ4v) is 2.92. The fraction of sp³-hybridized carbons (Fsp3) is 0.579. The molecule has 25 heavy (non-hydrogen) atoms. The van der Waals surface area contributed by atoms with E-state index >= 15 is 0 Å². The molecule has 0 bridgehead atoms. The zero-order valence-electron chi connectivity index (χ0n) is 15.7. The van der Waals surface area contributed by atoms with Gasteiger partial charge in [-0.1, -0.05) is 17.7 Å². The number of piperazine rings is 1. The van der Waals surface area contributed by atoms with E-state index in [0.717, 1.165) is 11.3 Å². The molecule has 138 valence electrons. The van der Waals surface area contributed by atoms with Crippen LogP contribution in [0.3, 0.4) is 0 Å². The highest BCUT2D eigenvalue weighted by atomic mass is 16.5. The van der Waals surface area contributed by atoms with Gasteiger partial charge in [0.2, 0.25) is 5.91 Å². The minimum Gasteiger partial charge on any atom is -0.484 e. The van der Waals surface area contributed by atoms with Gasteiger partial charge in [-0.25, -0.2) is 0 Å². The van der Waals surface area contributed by atoms with Crippen molar-refractivity contribution in [2.75, 3.05) is 39.3 Å². The van der Waals surface area contributed by atoms with E-state index in [-0.39, 0.29) is 24.5 Å². The lowest BCUT2D eigenvalue weighted by Crippen LogP contribution is -2.52. The SMILES string of the molecule is Cc1ccc(OCC(=O)N2CCN(CC(=O)NC(C)C)CC2)c(C)c1. The summed E-state index contributed by atoms with van der Waals surface area (Å²) < 4.78 is 5.67. The van der Waals surface area contributed by atoms with E-state index in [9.17, 15) is 9.59 Å². The minimum absolute atomic E-state index is 0.00810. The third kappa shape index (κ3) is 6.05. The third-order valence-electron chi connectivity index (χ3n) is 4.22. The van der Waals surface area contributed by atoms with E-state index in [0.29, 0.717) is 32.7 Å².